The minimum Gasteiger partial charge on any atom is -0.478 e. The Morgan fingerprint density at radius 3 is 1.13 bits per heavy atom. The van der Waals surface area contributed by atoms with Gasteiger partial charge in [0.1, 0.15) is 0 Å². The van der Waals surface area contributed by atoms with Crippen LogP contribution in [-0.2, 0) is 0 Å². The van der Waals surface area contributed by atoms with Crippen molar-refractivity contribution in [3.8, 4) is 44.8 Å². The van der Waals surface area contributed by atoms with E-state index >= 15 is 0 Å². The van der Waals surface area contributed by atoms with E-state index in [2.05, 4.69) is 29.9 Å². The molecule has 2 aromatic carbocycles. The topological polar surface area (TPSA) is 189 Å². The third-order valence-corrected chi connectivity index (χ3v) is 9.10. The number of hydrogen-bond donors (Lipinski definition) is 6. The monoisotopic (exact) mass is 682 g/mol. The third kappa shape index (κ3) is 5.18. The molecule has 0 saturated heterocycles. The zero-order valence-corrected chi connectivity index (χ0v) is 27.0. The predicted octanol–water partition coefficient (Wildman–Crippen LogP) is 8.17. The number of fused-ring (bicyclic) bond motifs is 8. The van der Waals surface area contributed by atoms with Crippen LogP contribution in [0.1, 0.15) is 43.5 Å². The van der Waals surface area contributed by atoms with Crippen LogP contribution in [0.15, 0.2) is 97.8 Å². The number of aromatic amines is 4. The quantitative estimate of drug-likeness (QED) is 0.101. The molecule has 0 saturated carbocycles. The number of rotatable bonds is 6. The third-order valence-electron chi connectivity index (χ3n) is 9.10. The van der Waals surface area contributed by atoms with Crippen molar-refractivity contribution < 1.29 is 19.8 Å². The summed E-state index contributed by atoms with van der Waals surface area (Å²) in [4.78, 5) is 56.2. The lowest BCUT2D eigenvalue weighted by Crippen LogP contribution is -1.95. The molecule has 0 unspecified atom stereocenters. The fraction of sp³-hybridized carbons (Fsp3) is 0. The molecule has 5 aromatic heterocycles. The molecule has 0 fully saturated rings. The van der Waals surface area contributed by atoms with Crippen molar-refractivity contribution in [3.05, 3.63) is 132 Å². The van der Waals surface area contributed by atoms with Gasteiger partial charge in [0.25, 0.3) is 0 Å². The van der Waals surface area contributed by atoms with Gasteiger partial charge in [0.2, 0.25) is 0 Å². The first-order valence-electron chi connectivity index (χ1n) is 16.2. The maximum absolute atomic E-state index is 11.7. The second-order valence-corrected chi connectivity index (χ2v) is 12.2. The fourth-order valence-corrected chi connectivity index (χ4v) is 6.70. The van der Waals surface area contributed by atoms with E-state index in [1.54, 1.807) is 61.2 Å². The molecule has 0 atom stereocenters. The lowest BCUT2D eigenvalue weighted by Gasteiger charge is -2.06. The minimum absolute atomic E-state index is 0.179. The second-order valence-electron chi connectivity index (χ2n) is 12.2. The Balaban J connectivity index is 1.43. The van der Waals surface area contributed by atoms with Crippen LogP contribution in [0.4, 0.5) is 0 Å². The number of aromatic carboxylic acids is 2. The number of carbonyl (C=O) groups is 2. The lowest BCUT2D eigenvalue weighted by atomic mass is 10.0. The first-order chi connectivity index (χ1) is 25.4. The van der Waals surface area contributed by atoms with Crippen LogP contribution in [0.2, 0.25) is 0 Å². The molecule has 7 heterocycles. The number of benzene rings is 2. The van der Waals surface area contributed by atoms with Gasteiger partial charge in [-0.3, -0.25) is 0 Å². The average molecular weight is 683 g/mol. The van der Waals surface area contributed by atoms with Crippen molar-refractivity contribution in [3.63, 3.8) is 0 Å². The van der Waals surface area contributed by atoms with Gasteiger partial charge < -0.3 is 30.1 Å². The molecule has 12 heteroatoms. The van der Waals surface area contributed by atoms with E-state index in [0.717, 1.165) is 55.4 Å². The van der Waals surface area contributed by atoms with Crippen molar-refractivity contribution in [1.29, 1.82) is 0 Å². The number of nitrogens with zero attached hydrogens (tertiary/aromatic N) is 4. The van der Waals surface area contributed by atoms with E-state index in [1.807, 2.05) is 61.0 Å². The Kier molecular flexibility index (Phi) is 7.07. The Labute approximate surface area is 294 Å². The second kappa shape index (κ2) is 12.1. The van der Waals surface area contributed by atoms with Gasteiger partial charge in [0.15, 0.2) is 0 Å². The van der Waals surface area contributed by atoms with Gasteiger partial charge in [-0.25, -0.2) is 29.5 Å². The molecule has 6 N–H and O–H groups in total. The summed E-state index contributed by atoms with van der Waals surface area (Å²) in [6.45, 7) is 0. The number of aromatic nitrogens is 8. The van der Waals surface area contributed by atoms with Gasteiger partial charge >= 0.3 is 11.9 Å². The van der Waals surface area contributed by atoms with Crippen LogP contribution in [-0.4, -0.2) is 62.0 Å². The molecule has 8 bridgehead atoms. The zero-order chi connectivity index (χ0) is 35.3. The summed E-state index contributed by atoms with van der Waals surface area (Å²) >= 11 is 0. The van der Waals surface area contributed by atoms with Crippen molar-refractivity contribution in [2.24, 2.45) is 0 Å². The molecule has 9 rings (SSSR count). The molecule has 52 heavy (non-hydrogen) atoms. The van der Waals surface area contributed by atoms with E-state index < -0.39 is 11.9 Å². The van der Waals surface area contributed by atoms with Gasteiger partial charge in [-0.05, 0) is 84.0 Å². The number of carboxylic acids is 2. The van der Waals surface area contributed by atoms with Gasteiger partial charge in [0.05, 0.1) is 80.1 Å². The highest BCUT2D eigenvalue weighted by atomic mass is 16.4. The summed E-state index contributed by atoms with van der Waals surface area (Å²) in [6, 6.07) is 21.3. The van der Waals surface area contributed by atoms with Crippen LogP contribution in [0.5, 0.6) is 0 Å². The van der Waals surface area contributed by atoms with E-state index in [9.17, 15) is 19.8 Å². The molecule has 0 amide bonds. The van der Waals surface area contributed by atoms with Crippen molar-refractivity contribution in [2.75, 3.05) is 0 Å². The molecule has 0 aliphatic carbocycles. The van der Waals surface area contributed by atoms with Crippen LogP contribution < -0.4 is 0 Å². The molecular formula is C40H26N8O4. The molecular weight excluding hydrogens is 656 g/mol. The zero-order valence-electron chi connectivity index (χ0n) is 27.0. The normalized spacial score (nSPS) is 12.0. The maximum Gasteiger partial charge on any atom is 0.335 e. The molecule has 2 aliphatic heterocycles. The van der Waals surface area contributed by atoms with Crippen LogP contribution in [0, 0.1) is 0 Å². The van der Waals surface area contributed by atoms with Crippen LogP contribution in [0.3, 0.4) is 0 Å². The van der Waals surface area contributed by atoms with Gasteiger partial charge in [-0.15, -0.1) is 0 Å². The summed E-state index contributed by atoms with van der Waals surface area (Å²) in [7, 11) is 0. The fourth-order valence-electron chi connectivity index (χ4n) is 6.70. The standard InChI is InChI=1S/C40H26N8O4/c49-39(50)23-5-1-21(2-6-23)35-25-9-13-29(45-25)37(33-17-41-19-43-33)31-15-11-27(47-31)36(22-3-7-24(8-4-22)40(51)52)28-12-16-32(48-28)38(34-18-42-20-44-34)30-14-10-26(35)46-30/h1-20,45,48H,(H,41,43)(H,42,44)(H,49,50)(H,51,52). The lowest BCUT2D eigenvalue weighted by molar-refractivity contribution is 0.0686. The summed E-state index contributed by atoms with van der Waals surface area (Å²) in [5, 5.41) is 19.2. The molecule has 12 nitrogen and oxygen atoms in total. The summed E-state index contributed by atoms with van der Waals surface area (Å²) in [5.74, 6) is -2.02. The van der Waals surface area contributed by atoms with Crippen molar-refractivity contribution in [2.45, 2.75) is 0 Å². The van der Waals surface area contributed by atoms with Crippen molar-refractivity contribution >= 4 is 58.3 Å². The number of hydrogen-bond acceptors (Lipinski definition) is 6. The summed E-state index contributed by atoms with van der Waals surface area (Å²) < 4.78 is 0. The SMILES string of the molecule is O=C(O)c1ccc(-c2c3nc(c(-c4c[nH]cn4)c4ccc([nH]4)c(-c4ccc(C(=O)O)cc4)c4nc(c(-c5c[nH]cn5)c5ccc2[nH]5)C=C4)C=C3)cc1. The molecule has 0 spiro atoms. The summed E-state index contributed by atoms with van der Waals surface area (Å²) in [6.07, 6.45) is 14.6. The smallest absolute Gasteiger partial charge is 0.335 e. The Morgan fingerprint density at radius 2 is 0.808 bits per heavy atom. The van der Waals surface area contributed by atoms with Gasteiger partial charge in [0, 0.05) is 34.6 Å². The minimum atomic E-state index is -1.01. The van der Waals surface area contributed by atoms with Crippen LogP contribution in [0.25, 0.3) is 91.1 Å². The Hall–Kier alpha value is -7.60. The first-order valence-corrected chi connectivity index (χ1v) is 16.2. The molecule has 250 valence electrons. The highest BCUT2D eigenvalue weighted by molar-refractivity contribution is 6.00. The number of H-pyrrole nitrogens is 4. The van der Waals surface area contributed by atoms with Crippen LogP contribution >= 0.6 is 0 Å². The molecule has 0 radical (unpaired) electrons. The highest BCUT2D eigenvalue weighted by Gasteiger charge is 2.20. The maximum atomic E-state index is 11.7. The number of imidazole rings is 2. The van der Waals surface area contributed by atoms with Crippen molar-refractivity contribution in [1.82, 2.24) is 39.9 Å². The predicted molar refractivity (Wildman–Crippen MR) is 199 cm³/mol. The number of carboxylic acid groups (broad SMARTS) is 2. The Bertz CT molecular complexity index is 2580. The van der Waals surface area contributed by atoms with E-state index in [0.29, 0.717) is 34.2 Å². The summed E-state index contributed by atoms with van der Waals surface area (Å²) in [5.41, 5.74) is 12.0. The Morgan fingerprint density at radius 1 is 0.462 bits per heavy atom. The van der Waals surface area contributed by atoms with E-state index in [1.165, 1.54) is 0 Å². The largest absolute Gasteiger partial charge is 0.478 e. The van der Waals surface area contributed by atoms with E-state index in [4.69, 9.17) is 9.97 Å². The first kappa shape index (κ1) is 30.5. The average Bonchev–Trinajstić information content (AvgIpc) is 4.00. The number of nitrogens with one attached hydrogen (secondary N) is 4. The highest BCUT2D eigenvalue weighted by Crippen LogP contribution is 2.37. The van der Waals surface area contributed by atoms with Gasteiger partial charge in [-0.2, -0.15) is 0 Å². The molecule has 2 aliphatic rings. The van der Waals surface area contributed by atoms with E-state index in [-0.39, 0.29) is 11.1 Å². The van der Waals surface area contributed by atoms with Gasteiger partial charge in [-0.1, -0.05) is 24.3 Å². The molecule has 7 aromatic rings.